The van der Waals surface area contributed by atoms with Crippen LogP contribution in [0.15, 0.2) is 66.0 Å². The van der Waals surface area contributed by atoms with E-state index in [1.165, 1.54) is 16.7 Å². The minimum absolute atomic E-state index is 0.735. The lowest BCUT2D eigenvalue weighted by atomic mass is 10.1. The van der Waals surface area contributed by atoms with Gasteiger partial charge in [-0.15, -0.1) is 11.3 Å². The van der Waals surface area contributed by atoms with Gasteiger partial charge in [-0.3, -0.25) is 0 Å². The molecule has 1 aliphatic heterocycles. The lowest BCUT2D eigenvalue weighted by Gasteiger charge is -2.32. The monoisotopic (exact) mass is 415 g/mol. The van der Waals surface area contributed by atoms with Crippen LogP contribution in [0.3, 0.4) is 0 Å². The molecule has 6 heteroatoms. The molecular formula is C24H25N5S. The third-order valence-electron chi connectivity index (χ3n) is 5.60. The number of nitrogens with one attached hydrogen (secondary N) is 1. The van der Waals surface area contributed by atoms with Crippen LogP contribution in [-0.2, 0) is 6.54 Å². The van der Waals surface area contributed by atoms with Crippen molar-refractivity contribution in [1.82, 2.24) is 14.9 Å². The van der Waals surface area contributed by atoms with E-state index in [2.05, 4.69) is 82.1 Å². The molecule has 2 aromatic heterocycles. The standard InChI is InChI=1S/C24H25N5S/c1-28-12-14-29(15-13-28)24-26-22(25-16-18-8-4-2-5-9-18)21-20(17-30-23(21)27-24)19-10-6-3-7-11-19/h2-11,17H,12-16H2,1H3,(H,25,26,27). The zero-order valence-electron chi connectivity index (χ0n) is 17.1. The highest BCUT2D eigenvalue weighted by Crippen LogP contribution is 2.38. The Bertz CT molecular complexity index is 1120. The van der Waals surface area contributed by atoms with Crippen molar-refractivity contribution in [3.05, 3.63) is 71.6 Å². The van der Waals surface area contributed by atoms with E-state index in [0.29, 0.717) is 0 Å². The van der Waals surface area contributed by atoms with Crippen molar-refractivity contribution in [1.29, 1.82) is 0 Å². The largest absolute Gasteiger partial charge is 0.365 e. The lowest BCUT2D eigenvalue weighted by Crippen LogP contribution is -2.45. The summed E-state index contributed by atoms with van der Waals surface area (Å²) in [6, 6.07) is 21.0. The summed E-state index contributed by atoms with van der Waals surface area (Å²) >= 11 is 1.70. The van der Waals surface area contributed by atoms with Gasteiger partial charge in [0.15, 0.2) is 0 Å². The topological polar surface area (TPSA) is 44.3 Å². The number of benzene rings is 2. The summed E-state index contributed by atoms with van der Waals surface area (Å²) in [5.41, 5.74) is 3.63. The summed E-state index contributed by atoms with van der Waals surface area (Å²) in [7, 11) is 2.17. The molecule has 1 fully saturated rings. The maximum atomic E-state index is 5.01. The van der Waals surface area contributed by atoms with Crippen LogP contribution in [0.5, 0.6) is 0 Å². The zero-order valence-corrected chi connectivity index (χ0v) is 17.9. The van der Waals surface area contributed by atoms with Crippen molar-refractivity contribution in [2.45, 2.75) is 6.54 Å². The maximum absolute atomic E-state index is 5.01. The Morgan fingerprint density at radius 2 is 1.60 bits per heavy atom. The van der Waals surface area contributed by atoms with Crippen molar-refractivity contribution in [3.63, 3.8) is 0 Å². The second kappa shape index (κ2) is 8.42. The maximum Gasteiger partial charge on any atom is 0.228 e. The van der Waals surface area contributed by atoms with E-state index in [1.54, 1.807) is 11.3 Å². The van der Waals surface area contributed by atoms with Crippen LogP contribution in [0.1, 0.15) is 5.56 Å². The van der Waals surface area contributed by atoms with E-state index in [1.807, 2.05) is 6.07 Å². The van der Waals surface area contributed by atoms with Crippen molar-refractivity contribution in [2.75, 3.05) is 43.4 Å². The van der Waals surface area contributed by atoms with E-state index in [0.717, 1.165) is 54.7 Å². The van der Waals surface area contributed by atoms with Gasteiger partial charge < -0.3 is 15.1 Å². The van der Waals surface area contributed by atoms with Crippen LogP contribution in [0.4, 0.5) is 11.8 Å². The second-order valence-corrected chi connectivity index (χ2v) is 8.56. The summed E-state index contributed by atoms with van der Waals surface area (Å²) in [5.74, 6) is 1.74. The first-order valence-electron chi connectivity index (χ1n) is 10.3. The van der Waals surface area contributed by atoms with E-state index >= 15 is 0 Å². The smallest absolute Gasteiger partial charge is 0.228 e. The summed E-state index contributed by atoms with van der Waals surface area (Å²) < 4.78 is 0. The molecule has 5 rings (SSSR count). The van der Waals surface area contributed by atoms with E-state index in [4.69, 9.17) is 9.97 Å². The molecule has 1 N–H and O–H groups in total. The van der Waals surface area contributed by atoms with Crippen molar-refractivity contribution in [2.24, 2.45) is 0 Å². The minimum atomic E-state index is 0.735. The Hall–Kier alpha value is -2.96. The molecule has 0 bridgehead atoms. The zero-order chi connectivity index (χ0) is 20.3. The molecule has 0 unspecified atom stereocenters. The van der Waals surface area contributed by atoms with Crippen LogP contribution in [0.2, 0.25) is 0 Å². The third kappa shape index (κ3) is 3.88. The highest BCUT2D eigenvalue weighted by Gasteiger charge is 2.21. The fraction of sp³-hybridized carbons (Fsp3) is 0.250. The molecule has 1 aliphatic rings. The number of fused-ring (bicyclic) bond motifs is 1. The minimum Gasteiger partial charge on any atom is -0.365 e. The summed E-state index contributed by atoms with van der Waals surface area (Å²) in [6.07, 6.45) is 0. The van der Waals surface area contributed by atoms with Gasteiger partial charge in [-0.1, -0.05) is 60.7 Å². The third-order valence-corrected chi connectivity index (χ3v) is 6.47. The van der Waals surface area contributed by atoms with E-state index in [9.17, 15) is 0 Å². The summed E-state index contributed by atoms with van der Waals surface area (Å²) in [4.78, 5) is 15.7. The van der Waals surface area contributed by atoms with Crippen molar-refractivity contribution in [3.8, 4) is 11.1 Å². The van der Waals surface area contributed by atoms with Crippen molar-refractivity contribution < 1.29 is 0 Å². The number of anilines is 2. The highest BCUT2D eigenvalue weighted by molar-refractivity contribution is 7.17. The molecule has 2 aromatic carbocycles. The van der Waals surface area contributed by atoms with Gasteiger partial charge in [0.05, 0.1) is 5.39 Å². The van der Waals surface area contributed by atoms with Gasteiger partial charge in [0.2, 0.25) is 5.95 Å². The number of rotatable bonds is 5. The van der Waals surface area contributed by atoms with Gasteiger partial charge in [-0.2, -0.15) is 4.98 Å². The first-order chi connectivity index (χ1) is 14.8. The molecule has 0 aliphatic carbocycles. The van der Waals surface area contributed by atoms with Crippen molar-refractivity contribution >= 4 is 33.3 Å². The summed E-state index contributed by atoms with van der Waals surface area (Å²) in [6.45, 7) is 4.72. The molecule has 30 heavy (non-hydrogen) atoms. The normalized spacial score (nSPS) is 14.9. The Labute approximate surface area is 181 Å². The van der Waals surface area contributed by atoms with Gasteiger partial charge in [-0.05, 0) is 18.2 Å². The molecule has 3 heterocycles. The van der Waals surface area contributed by atoms with Crippen LogP contribution < -0.4 is 10.2 Å². The molecule has 0 amide bonds. The van der Waals surface area contributed by atoms with E-state index < -0.39 is 0 Å². The molecule has 0 atom stereocenters. The lowest BCUT2D eigenvalue weighted by molar-refractivity contribution is 0.311. The molecule has 0 saturated carbocycles. The molecular weight excluding hydrogens is 390 g/mol. The number of likely N-dealkylation sites (N-methyl/N-ethyl adjacent to an activating group) is 1. The molecule has 5 nitrogen and oxygen atoms in total. The van der Waals surface area contributed by atoms with Gasteiger partial charge in [-0.25, -0.2) is 4.98 Å². The Morgan fingerprint density at radius 1 is 0.900 bits per heavy atom. The second-order valence-electron chi connectivity index (χ2n) is 7.70. The number of hydrogen-bond acceptors (Lipinski definition) is 6. The number of piperazine rings is 1. The predicted octanol–water partition coefficient (Wildman–Crippen LogP) is 4.72. The number of aromatic nitrogens is 2. The van der Waals surface area contributed by atoms with Gasteiger partial charge in [0, 0.05) is 43.7 Å². The number of hydrogen-bond donors (Lipinski definition) is 1. The molecule has 152 valence electrons. The van der Waals surface area contributed by atoms with Crippen LogP contribution >= 0.6 is 11.3 Å². The first-order valence-corrected chi connectivity index (χ1v) is 11.2. The molecule has 1 saturated heterocycles. The summed E-state index contributed by atoms with van der Waals surface area (Å²) in [5, 5.41) is 6.92. The predicted molar refractivity (Wildman–Crippen MR) is 126 cm³/mol. The van der Waals surface area contributed by atoms with Crippen LogP contribution in [0, 0.1) is 0 Å². The highest BCUT2D eigenvalue weighted by atomic mass is 32.1. The Kier molecular flexibility index (Phi) is 5.34. The van der Waals surface area contributed by atoms with Crippen LogP contribution in [-0.4, -0.2) is 48.1 Å². The van der Waals surface area contributed by atoms with E-state index in [-0.39, 0.29) is 0 Å². The quantitative estimate of drug-likeness (QED) is 0.511. The van der Waals surface area contributed by atoms with Gasteiger partial charge in [0.25, 0.3) is 0 Å². The average molecular weight is 416 g/mol. The Morgan fingerprint density at radius 3 is 2.33 bits per heavy atom. The number of thiophene rings is 1. The first kappa shape index (κ1) is 19.0. The van der Waals surface area contributed by atoms with Gasteiger partial charge >= 0.3 is 0 Å². The van der Waals surface area contributed by atoms with Crippen LogP contribution in [0.25, 0.3) is 21.3 Å². The fourth-order valence-corrected chi connectivity index (χ4v) is 4.76. The SMILES string of the molecule is CN1CCN(c2nc(NCc3ccccc3)c3c(-c4ccccc4)csc3n2)CC1. The average Bonchev–Trinajstić information content (AvgIpc) is 3.23. The molecule has 0 spiro atoms. The fourth-order valence-electron chi connectivity index (χ4n) is 3.82. The number of nitrogens with zero attached hydrogens (tertiary/aromatic N) is 4. The van der Waals surface area contributed by atoms with Gasteiger partial charge in [0.1, 0.15) is 10.6 Å². The Balaban J connectivity index is 1.56. The molecule has 4 aromatic rings. The molecule has 0 radical (unpaired) electrons.